The van der Waals surface area contributed by atoms with Crippen molar-refractivity contribution in [1.29, 1.82) is 0 Å². The van der Waals surface area contributed by atoms with E-state index in [1.807, 2.05) is 24.3 Å². The Labute approximate surface area is 154 Å². The second-order valence-electron chi connectivity index (χ2n) is 7.84. The first-order chi connectivity index (χ1) is 12.1. The number of carboxylic acids is 1. The highest BCUT2D eigenvalue weighted by Gasteiger charge is 2.39. The van der Waals surface area contributed by atoms with Crippen molar-refractivity contribution in [3.63, 3.8) is 0 Å². The van der Waals surface area contributed by atoms with Crippen molar-refractivity contribution in [2.24, 2.45) is 5.92 Å². The largest absolute Gasteiger partial charge is 0.481 e. The minimum absolute atomic E-state index is 0.0276. The third kappa shape index (κ3) is 4.84. The predicted octanol–water partition coefficient (Wildman–Crippen LogP) is 2.92. The first-order valence-electron chi connectivity index (χ1n) is 9.06. The number of amides is 2. The SMILES string of the molecule is CC(C)c1ccc(N2CCC(C(=O)NC(C)(C)CCC(=O)O)C2=O)cc1. The lowest BCUT2D eigenvalue weighted by Crippen LogP contribution is -2.48. The Morgan fingerprint density at radius 3 is 2.42 bits per heavy atom. The molecule has 142 valence electrons. The Morgan fingerprint density at radius 2 is 1.88 bits per heavy atom. The summed E-state index contributed by atoms with van der Waals surface area (Å²) in [7, 11) is 0. The van der Waals surface area contributed by atoms with Gasteiger partial charge in [-0.3, -0.25) is 14.4 Å². The summed E-state index contributed by atoms with van der Waals surface area (Å²) in [5.41, 5.74) is 1.34. The molecule has 1 heterocycles. The van der Waals surface area contributed by atoms with E-state index in [1.54, 1.807) is 18.7 Å². The van der Waals surface area contributed by atoms with Crippen molar-refractivity contribution in [1.82, 2.24) is 5.32 Å². The van der Waals surface area contributed by atoms with Crippen molar-refractivity contribution in [3.05, 3.63) is 29.8 Å². The summed E-state index contributed by atoms with van der Waals surface area (Å²) < 4.78 is 0. The Bertz CT molecular complexity index is 680. The van der Waals surface area contributed by atoms with E-state index in [-0.39, 0.29) is 18.2 Å². The van der Waals surface area contributed by atoms with Crippen LogP contribution in [0.5, 0.6) is 0 Å². The second-order valence-corrected chi connectivity index (χ2v) is 7.84. The van der Waals surface area contributed by atoms with Gasteiger partial charge in [0.2, 0.25) is 11.8 Å². The van der Waals surface area contributed by atoms with Crippen LogP contribution in [-0.4, -0.2) is 35.0 Å². The first kappa shape index (κ1) is 19.9. The lowest BCUT2D eigenvalue weighted by Gasteiger charge is -2.27. The highest BCUT2D eigenvalue weighted by Crippen LogP contribution is 2.27. The molecule has 1 fully saturated rings. The maximum atomic E-state index is 12.7. The summed E-state index contributed by atoms with van der Waals surface area (Å²) in [6.07, 6.45) is 0.751. The van der Waals surface area contributed by atoms with Crippen LogP contribution in [-0.2, 0) is 14.4 Å². The van der Waals surface area contributed by atoms with Gasteiger partial charge in [0.15, 0.2) is 0 Å². The lowest BCUT2D eigenvalue weighted by atomic mass is 9.96. The first-order valence-corrected chi connectivity index (χ1v) is 9.06. The van der Waals surface area contributed by atoms with Crippen molar-refractivity contribution in [2.75, 3.05) is 11.4 Å². The van der Waals surface area contributed by atoms with E-state index in [2.05, 4.69) is 19.2 Å². The summed E-state index contributed by atoms with van der Waals surface area (Å²) in [4.78, 5) is 37.6. The molecule has 2 N–H and O–H groups in total. The fourth-order valence-corrected chi connectivity index (χ4v) is 3.12. The molecule has 2 amide bonds. The van der Waals surface area contributed by atoms with Crippen LogP contribution in [0.2, 0.25) is 0 Å². The van der Waals surface area contributed by atoms with Crippen LogP contribution in [0.25, 0.3) is 0 Å². The highest BCUT2D eigenvalue weighted by atomic mass is 16.4. The number of nitrogens with one attached hydrogen (secondary N) is 1. The average molecular weight is 360 g/mol. The fourth-order valence-electron chi connectivity index (χ4n) is 3.12. The number of hydrogen-bond acceptors (Lipinski definition) is 3. The monoisotopic (exact) mass is 360 g/mol. The molecular weight excluding hydrogens is 332 g/mol. The Morgan fingerprint density at radius 1 is 1.27 bits per heavy atom. The van der Waals surface area contributed by atoms with Crippen LogP contribution in [0.4, 0.5) is 5.69 Å². The van der Waals surface area contributed by atoms with Gasteiger partial charge < -0.3 is 15.3 Å². The molecule has 1 aliphatic rings. The van der Waals surface area contributed by atoms with Crippen LogP contribution >= 0.6 is 0 Å². The number of anilines is 1. The molecule has 0 aromatic heterocycles. The standard InChI is InChI=1S/C20H28N2O4/c1-13(2)14-5-7-15(8-6-14)22-12-10-16(19(22)26)18(25)21-20(3,4)11-9-17(23)24/h5-8,13,16H,9-12H2,1-4H3,(H,21,25)(H,23,24). The molecule has 6 nitrogen and oxygen atoms in total. The molecule has 1 atom stereocenters. The van der Waals surface area contributed by atoms with Gasteiger partial charge in [-0.1, -0.05) is 26.0 Å². The molecule has 1 unspecified atom stereocenters. The Kier molecular flexibility index (Phi) is 6.05. The normalized spacial score (nSPS) is 17.7. The predicted molar refractivity (Wildman–Crippen MR) is 100 cm³/mol. The Hall–Kier alpha value is -2.37. The number of carbonyl (C=O) groups excluding carboxylic acids is 2. The zero-order valence-electron chi connectivity index (χ0n) is 15.9. The molecule has 1 aromatic rings. The van der Waals surface area contributed by atoms with Gasteiger partial charge in [0.1, 0.15) is 5.92 Å². The van der Waals surface area contributed by atoms with E-state index < -0.39 is 17.4 Å². The minimum Gasteiger partial charge on any atom is -0.481 e. The van der Waals surface area contributed by atoms with Gasteiger partial charge in [-0.25, -0.2) is 0 Å². The van der Waals surface area contributed by atoms with E-state index in [0.29, 0.717) is 25.3 Å². The molecule has 26 heavy (non-hydrogen) atoms. The van der Waals surface area contributed by atoms with Crippen molar-refractivity contribution < 1.29 is 19.5 Å². The molecule has 2 rings (SSSR count). The molecule has 0 aliphatic carbocycles. The van der Waals surface area contributed by atoms with Gasteiger partial charge in [0.05, 0.1) is 0 Å². The summed E-state index contributed by atoms with van der Waals surface area (Å²) in [5, 5.41) is 11.6. The zero-order chi connectivity index (χ0) is 19.5. The molecule has 0 bridgehead atoms. The van der Waals surface area contributed by atoms with Crippen molar-refractivity contribution in [2.45, 2.75) is 58.4 Å². The van der Waals surface area contributed by atoms with Gasteiger partial charge in [-0.2, -0.15) is 0 Å². The van der Waals surface area contributed by atoms with E-state index in [4.69, 9.17) is 5.11 Å². The number of aliphatic carboxylic acids is 1. The van der Waals surface area contributed by atoms with Gasteiger partial charge in [0.25, 0.3) is 0 Å². The second kappa shape index (κ2) is 7.89. The molecule has 0 saturated carbocycles. The number of carboxylic acid groups (broad SMARTS) is 1. The molecular formula is C20H28N2O4. The van der Waals surface area contributed by atoms with E-state index in [9.17, 15) is 14.4 Å². The highest BCUT2D eigenvalue weighted by molar-refractivity contribution is 6.09. The van der Waals surface area contributed by atoms with Crippen LogP contribution in [0.1, 0.15) is 58.4 Å². The smallest absolute Gasteiger partial charge is 0.303 e. The van der Waals surface area contributed by atoms with Crippen LogP contribution < -0.4 is 10.2 Å². The summed E-state index contributed by atoms with van der Waals surface area (Å²) in [6, 6.07) is 7.86. The summed E-state index contributed by atoms with van der Waals surface area (Å²) >= 11 is 0. The zero-order valence-corrected chi connectivity index (χ0v) is 15.9. The van der Waals surface area contributed by atoms with Crippen molar-refractivity contribution in [3.8, 4) is 0 Å². The number of hydrogen-bond donors (Lipinski definition) is 2. The quantitative estimate of drug-likeness (QED) is 0.732. The molecule has 1 aliphatic heterocycles. The van der Waals surface area contributed by atoms with Gasteiger partial charge >= 0.3 is 5.97 Å². The van der Waals surface area contributed by atoms with Crippen LogP contribution in [0, 0.1) is 5.92 Å². The Balaban J connectivity index is 2.01. The maximum Gasteiger partial charge on any atom is 0.303 e. The summed E-state index contributed by atoms with van der Waals surface area (Å²) in [5.74, 6) is -1.73. The minimum atomic E-state index is -0.903. The van der Waals surface area contributed by atoms with Crippen LogP contribution in [0.15, 0.2) is 24.3 Å². The topological polar surface area (TPSA) is 86.7 Å². The molecule has 1 saturated heterocycles. The van der Waals surface area contributed by atoms with Gasteiger partial charge in [-0.15, -0.1) is 0 Å². The molecule has 6 heteroatoms. The number of benzene rings is 1. The van der Waals surface area contributed by atoms with E-state index in [1.165, 1.54) is 5.56 Å². The molecule has 0 spiro atoms. The van der Waals surface area contributed by atoms with E-state index >= 15 is 0 Å². The molecule has 1 aromatic carbocycles. The third-order valence-corrected chi connectivity index (χ3v) is 4.82. The van der Waals surface area contributed by atoms with Gasteiger partial charge in [-0.05, 0) is 50.3 Å². The summed E-state index contributed by atoms with van der Waals surface area (Å²) in [6.45, 7) is 8.28. The fraction of sp³-hybridized carbons (Fsp3) is 0.550. The van der Waals surface area contributed by atoms with Gasteiger partial charge in [0, 0.05) is 24.2 Å². The number of rotatable bonds is 7. The third-order valence-electron chi connectivity index (χ3n) is 4.82. The number of carbonyl (C=O) groups is 3. The average Bonchev–Trinajstić information content (AvgIpc) is 2.94. The van der Waals surface area contributed by atoms with Crippen molar-refractivity contribution >= 4 is 23.5 Å². The number of nitrogens with zero attached hydrogens (tertiary/aromatic N) is 1. The van der Waals surface area contributed by atoms with E-state index in [0.717, 1.165) is 5.69 Å². The lowest BCUT2D eigenvalue weighted by molar-refractivity contribution is -0.138. The maximum absolute atomic E-state index is 12.7. The molecule has 0 radical (unpaired) electrons. The van der Waals surface area contributed by atoms with Crippen LogP contribution in [0.3, 0.4) is 0 Å².